The van der Waals surface area contributed by atoms with Crippen molar-refractivity contribution in [1.82, 2.24) is 4.90 Å². The zero-order chi connectivity index (χ0) is 19.3. The molecule has 1 fully saturated rings. The van der Waals surface area contributed by atoms with Crippen LogP contribution in [0.1, 0.15) is 45.6 Å². The molecular weight excluding hydrogens is 334 g/mol. The Bertz CT molecular complexity index is 664. The average Bonchev–Trinajstić information content (AvgIpc) is 2.54. The number of rotatable bonds is 4. The molecule has 7 nitrogen and oxygen atoms in total. The molecule has 7 heteroatoms. The lowest BCUT2D eigenvalue weighted by Gasteiger charge is -2.35. The summed E-state index contributed by atoms with van der Waals surface area (Å²) in [5.41, 5.74) is 5.95. The van der Waals surface area contributed by atoms with E-state index in [1.165, 1.54) is 4.90 Å². The molecule has 1 heterocycles. The Balaban J connectivity index is 2.03. The number of hydrogen-bond donors (Lipinski definition) is 2. The van der Waals surface area contributed by atoms with Gasteiger partial charge >= 0.3 is 6.09 Å². The number of benzene rings is 1. The summed E-state index contributed by atoms with van der Waals surface area (Å²) in [5, 5.41) is 2.84. The van der Waals surface area contributed by atoms with Crippen molar-refractivity contribution in [3.05, 3.63) is 29.8 Å². The topological polar surface area (TPSA) is 102 Å². The second-order valence-corrected chi connectivity index (χ2v) is 7.51. The van der Waals surface area contributed by atoms with E-state index in [1.54, 1.807) is 45.0 Å². The Morgan fingerprint density at radius 2 is 1.85 bits per heavy atom. The van der Waals surface area contributed by atoms with Gasteiger partial charge in [0.05, 0.1) is 6.42 Å². The van der Waals surface area contributed by atoms with Crippen LogP contribution in [0, 0.1) is 0 Å². The van der Waals surface area contributed by atoms with E-state index >= 15 is 0 Å². The Kier molecular flexibility index (Phi) is 6.23. The first-order chi connectivity index (χ1) is 12.2. The van der Waals surface area contributed by atoms with E-state index in [9.17, 15) is 14.4 Å². The summed E-state index contributed by atoms with van der Waals surface area (Å²) in [7, 11) is 0. The van der Waals surface area contributed by atoms with Gasteiger partial charge in [-0.2, -0.15) is 0 Å². The molecule has 0 aromatic heterocycles. The van der Waals surface area contributed by atoms with Gasteiger partial charge in [-0.15, -0.1) is 0 Å². The highest BCUT2D eigenvalue weighted by molar-refractivity contribution is 5.96. The molecule has 3 amide bonds. The van der Waals surface area contributed by atoms with E-state index in [2.05, 4.69) is 5.32 Å². The predicted molar refractivity (Wildman–Crippen MR) is 98.5 cm³/mol. The van der Waals surface area contributed by atoms with E-state index in [4.69, 9.17) is 10.5 Å². The average molecular weight is 361 g/mol. The molecule has 142 valence electrons. The summed E-state index contributed by atoms with van der Waals surface area (Å²) >= 11 is 0. The molecule has 0 spiro atoms. The fraction of sp³-hybridized carbons (Fsp3) is 0.526. The zero-order valence-corrected chi connectivity index (χ0v) is 15.6. The van der Waals surface area contributed by atoms with Gasteiger partial charge in [-0.3, -0.25) is 14.5 Å². The molecule has 0 aliphatic carbocycles. The summed E-state index contributed by atoms with van der Waals surface area (Å²) in [6, 6.07) is 6.37. The molecule has 2 rings (SSSR count). The van der Waals surface area contributed by atoms with Gasteiger partial charge in [0.15, 0.2) is 0 Å². The highest BCUT2D eigenvalue weighted by atomic mass is 16.6. The maximum absolute atomic E-state index is 12.7. The predicted octanol–water partition coefficient (Wildman–Crippen LogP) is 2.44. The van der Waals surface area contributed by atoms with Crippen molar-refractivity contribution >= 4 is 23.6 Å². The highest BCUT2D eigenvalue weighted by Crippen LogP contribution is 2.22. The van der Waals surface area contributed by atoms with Crippen LogP contribution in [-0.2, 0) is 20.7 Å². The van der Waals surface area contributed by atoms with Crippen LogP contribution < -0.4 is 11.1 Å². The van der Waals surface area contributed by atoms with Gasteiger partial charge in [-0.1, -0.05) is 12.1 Å². The number of nitrogens with zero attached hydrogens (tertiary/aromatic N) is 1. The first-order valence-corrected chi connectivity index (χ1v) is 8.83. The molecule has 26 heavy (non-hydrogen) atoms. The van der Waals surface area contributed by atoms with Gasteiger partial charge in [0.1, 0.15) is 11.6 Å². The molecule has 0 saturated carbocycles. The van der Waals surface area contributed by atoms with Gasteiger partial charge in [0, 0.05) is 12.2 Å². The molecule has 0 bridgehead atoms. The third kappa shape index (κ3) is 5.75. The molecule has 1 saturated heterocycles. The second-order valence-electron chi connectivity index (χ2n) is 7.51. The molecule has 1 aromatic rings. The third-order valence-electron chi connectivity index (χ3n) is 4.03. The number of nitrogens with one attached hydrogen (secondary N) is 1. The lowest BCUT2D eigenvalue weighted by Crippen LogP contribution is -2.51. The fourth-order valence-electron chi connectivity index (χ4n) is 2.88. The van der Waals surface area contributed by atoms with Crippen molar-refractivity contribution < 1.29 is 19.1 Å². The van der Waals surface area contributed by atoms with Gasteiger partial charge in [0.2, 0.25) is 11.8 Å². The number of hydrogen-bond acceptors (Lipinski definition) is 4. The first kappa shape index (κ1) is 19.8. The minimum absolute atomic E-state index is 0.156. The number of ether oxygens (including phenoxy) is 1. The fourth-order valence-corrected chi connectivity index (χ4v) is 2.88. The zero-order valence-electron chi connectivity index (χ0n) is 15.6. The molecule has 0 radical (unpaired) electrons. The number of nitrogens with two attached hydrogens (primary N) is 1. The van der Waals surface area contributed by atoms with E-state index < -0.39 is 23.6 Å². The van der Waals surface area contributed by atoms with Crippen LogP contribution >= 0.6 is 0 Å². The number of likely N-dealkylation sites (tertiary alicyclic amines) is 1. The number of carbonyl (C=O) groups is 3. The molecule has 0 unspecified atom stereocenters. The van der Waals surface area contributed by atoms with Crippen LogP contribution in [0.4, 0.5) is 10.5 Å². The first-order valence-electron chi connectivity index (χ1n) is 8.83. The van der Waals surface area contributed by atoms with Gasteiger partial charge < -0.3 is 15.8 Å². The molecule has 1 atom stereocenters. The molecule has 1 aliphatic rings. The Labute approximate surface area is 153 Å². The quantitative estimate of drug-likeness (QED) is 0.860. The molecular formula is C19H27N3O4. The molecule has 3 N–H and O–H groups in total. The van der Waals surface area contributed by atoms with Crippen molar-refractivity contribution in [3.8, 4) is 0 Å². The van der Waals surface area contributed by atoms with Crippen molar-refractivity contribution in [3.63, 3.8) is 0 Å². The Morgan fingerprint density at radius 1 is 1.19 bits per heavy atom. The van der Waals surface area contributed by atoms with E-state index in [0.717, 1.165) is 18.4 Å². The van der Waals surface area contributed by atoms with Crippen LogP contribution in [0.25, 0.3) is 0 Å². The van der Waals surface area contributed by atoms with Crippen LogP contribution in [-0.4, -0.2) is 41.0 Å². The van der Waals surface area contributed by atoms with Crippen LogP contribution in [0.2, 0.25) is 0 Å². The highest BCUT2D eigenvalue weighted by Gasteiger charge is 2.34. The summed E-state index contributed by atoms with van der Waals surface area (Å²) in [6.07, 6.45) is 2.03. The Hall–Kier alpha value is -2.57. The maximum Gasteiger partial charge on any atom is 0.410 e. The minimum atomic E-state index is -0.605. The van der Waals surface area contributed by atoms with Crippen LogP contribution in [0.5, 0.6) is 0 Å². The van der Waals surface area contributed by atoms with Crippen molar-refractivity contribution in [2.75, 3.05) is 11.9 Å². The van der Waals surface area contributed by atoms with Crippen molar-refractivity contribution in [1.29, 1.82) is 0 Å². The van der Waals surface area contributed by atoms with Gasteiger partial charge in [-0.25, -0.2) is 4.79 Å². The summed E-state index contributed by atoms with van der Waals surface area (Å²) in [4.78, 5) is 37.5. The summed E-state index contributed by atoms with van der Waals surface area (Å²) in [5.74, 6) is -0.643. The van der Waals surface area contributed by atoms with Crippen molar-refractivity contribution in [2.45, 2.75) is 58.1 Å². The van der Waals surface area contributed by atoms with Crippen molar-refractivity contribution in [2.24, 2.45) is 5.73 Å². The second kappa shape index (κ2) is 8.21. The number of anilines is 1. The van der Waals surface area contributed by atoms with Gasteiger partial charge in [-0.05, 0) is 57.7 Å². The standard InChI is InChI=1S/C19H27N3O4/c1-19(2,3)26-18(25)22-11-5-4-6-15(22)17(24)21-14-9-7-13(8-10-14)12-16(20)23/h7-10,15H,4-6,11-12H2,1-3H3,(H2,20,23)(H,21,24)/t15-/m0/s1. The lowest BCUT2D eigenvalue weighted by atomic mass is 10.0. The maximum atomic E-state index is 12.7. The molecule has 1 aromatic carbocycles. The molecule has 1 aliphatic heterocycles. The summed E-state index contributed by atoms with van der Waals surface area (Å²) in [6.45, 7) is 5.91. The monoisotopic (exact) mass is 361 g/mol. The van der Waals surface area contributed by atoms with E-state index in [0.29, 0.717) is 18.7 Å². The van der Waals surface area contributed by atoms with E-state index in [-0.39, 0.29) is 12.3 Å². The Morgan fingerprint density at radius 3 is 2.42 bits per heavy atom. The number of piperidine rings is 1. The minimum Gasteiger partial charge on any atom is -0.444 e. The summed E-state index contributed by atoms with van der Waals surface area (Å²) < 4.78 is 5.42. The van der Waals surface area contributed by atoms with Crippen LogP contribution in [0.3, 0.4) is 0 Å². The van der Waals surface area contributed by atoms with Gasteiger partial charge in [0.25, 0.3) is 0 Å². The van der Waals surface area contributed by atoms with Crippen LogP contribution in [0.15, 0.2) is 24.3 Å². The SMILES string of the molecule is CC(C)(C)OC(=O)N1CCCC[C@H]1C(=O)Nc1ccc(CC(N)=O)cc1. The smallest absolute Gasteiger partial charge is 0.410 e. The third-order valence-corrected chi connectivity index (χ3v) is 4.03. The largest absolute Gasteiger partial charge is 0.444 e. The lowest BCUT2D eigenvalue weighted by molar-refractivity contribution is -0.122. The number of carbonyl (C=O) groups excluding carboxylic acids is 3. The number of amides is 3. The normalized spacial score (nSPS) is 17.5. The number of primary amides is 1. The van der Waals surface area contributed by atoms with E-state index in [1.807, 2.05) is 0 Å².